The minimum Gasteiger partial charge on any atom is -0.481 e. The molecule has 2 atom stereocenters. The van der Waals surface area contributed by atoms with Gasteiger partial charge in [0.25, 0.3) is 23.6 Å². The number of carboxylic acids is 1. The Kier molecular flexibility index (Phi) is 15.3. The second-order valence-corrected chi connectivity index (χ2v) is 11.8. The second-order valence-electron chi connectivity index (χ2n) is 11.8. The van der Waals surface area contributed by atoms with Gasteiger partial charge in [-0.15, -0.1) is 0 Å². The van der Waals surface area contributed by atoms with Crippen LogP contribution in [0.25, 0.3) is 0 Å². The molecule has 2 N–H and O–H groups in total. The van der Waals surface area contributed by atoms with E-state index in [-0.39, 0.29) is 59.3 Å². The molecule has 244 valence electrons. The van der Waals surface area contributed by atoms with Crippen LogP contribution in [0.4, 0.5) is 0 Å². The van der Waals surface area contributed by atoms with Crippen molar-refractivity contribution in [2.24, 2.45) is 11.8 Å². The van der Waals surface area contributed by atoms with Crippen molar-refractivity contribution >= 4 is 29.6 Å². The van der Waals surface area contributed by atoms with Crippen LogP contribution in [0.5, 0.6) is 0 Å². The first-order valence-corrected chi connectivity index (χ1v) is 15.0. The highest BCUT2D eigenvalue weighted by molar-refractivity contribution is 6.15. The third-order valence-electron chi connectivity index (χ3n) is 7.48. The topological polar surface area (TPSA) is 132 Å². The number of rotatable bonds is 14. The fraction of sp³-hybridized carbons (Fsp3) is 0.417. The highest BCUT2D eigenvalue weighted by atomic mass is 16.4. The Hall–Kier alpha value is -4.37. The molecule has 0 aliphatic carbocycles. The Morgan fingerprint density at radius 3 is 2.16 bits per heavy atom. The summed E-state index contributed by atoms with van der Waals surface area (Å²) in [5.41, 5.74) is 1.27. The van der Waals surface area contributed by atoms with Gasteiger partial charge in [-0.05, 0) is 88.2 Å². The second kappa shape index (κ2) is 17.8. The maximum atomic E-state index is 14.2. The van der Waals surface area contributed by atoms with Crippen molar-refractivity contribution in [1.29, 1.82) is 0 Å². The van der Waals surface area contributed by atoms with Gasteiger partial charge in [0.15, 0.2) is 0 Å². The van der Waals surface area contributed by atoms with Gasteiger partial charge in [0.2, 0.25) is 0 Å². The Morgan fingerprint density at radius 2 is 1.64 bits per heavy atom. The molecule has 1 aliphatic heterocycles. The van der Waals surface area contributed by atoms with Crippen LogP contribution < -0.4 is 0 Å². The average molecular weight is 621 g/mol. The third-order valence-corrected chi connectivity index (χ3v) is 7.48. The molecular formula is C36H48N2O7. The highest BCUT2D eigenvalue weighted by Gasteiger charge is 2.35. The van der Waals surface area contributed by atoms with Gasteiger partial charge < -0.3 is 10.2 Å². The molecule has 4 amide bonds. The lowest BCUT2D eigenvalue weighted by Gasteiger charge is -2.32. The van der Waals surface area contributed by atoms with Crippen LogP contribution in [0, 0.1) is 11.8 Å². The zero-order chi connectivity index (χ0) is 34.6. The highest BCUT2D eigenvalue weighted by Crippen LogP contribution is 2.29. The summed E-state index contributed by atoms with van der Waals surface area (Å²) in [5, 5.41) is 18.8. The van der Waals surface area contributed by atoms with E-state index in [1.165, 1.54) is 38.2 Å². The summed E-state index contributed by atoms with van der Waals surface area (Å²) in [4.78, 5) is 68.4. The lowest BCUT2D eigenvalue weighted by Crippen LogP contribution is -2.47. The first-order chi connectivity index (χ1) is 21.0. The van der Waals surface area contributed by atoms with E-state index in [0.29, 0.717) is 24.0 Å². The normalized spacial score (nSPS) is 20.3. The van der Waals surface area contributed by atoms with E-state index in [2.05, 4.69) is 19.7 Å². The van der Waals surface area contributed by atoms with Crippen LogP contribution in [0.2, 0.25) is 0 Å². The number of aliphatic hydroxyl groups is 1. The van der Waals surface area contributed by atoms with Crippen molar-refractivity contribution in [2.75, 3.05) is 6.61 Å². The maximum Gasteiger partial charge on any atom is 0.303 e. The molecule has 0 saturated heterocycles. The van der Waals surface area contributed by atoms with Crippen molar-refractivity contribution in [3.63, 3.8) is 0 Å². The van der Waals surface area contributed by atoms with Crippen LogP contribution in [0.3, 0.4) is 0 Å². The molecule has 0 fully saturated rings. The van der Waals surface area contributed by atoms with E-state index in [4.69, 9.17) is 5.11 Å². The van der Waals surface area contributed by atoms with Gasteiger partial charge in [-0.3, -0.25) is 28.9 Å². The Bertz CT molecular complexity index is 1390. The molecule has 2 unspecified atom stereocenters. The predicted octanol–water partition coefficient (Wildman–Crippen LogP) is 5.98. The number of nitrogens with zero attached hydrogens (tertiary/aromatic N) is 2. The summed E-state index contributed by atoms with van der Waals surface area (Å²) < 4.78 is 0. The molecule has 1 rings (SSSR count). The van der Waals surface area contributed by atoms with Crippen molar-refractivity contribution in [2.45, 2.75) is 80.2 Å². The van der Waals surface area contributed by atoms with Crippen molar-refractivity contribution < 1.29 is 34.2 Å². The number of carbonyl (C=O) groups excluding carboxylic acids is 4. The van der Waals surface area contributed by atoms with E-state index < -0.39 is 35.6 Å². The quantitative estimate of drug-likeness (QED) is 0.139. The Morgan fingerprint density at radius 1 is 1.02 bits per heavy atom. The summed E-state index contributed by atoms with van der Waals surface area (Å²) in [6.07, 6.45) is 10.1. The van der Waals surface area contributed by atoms with E-state index in [0.717, 1.165) is 9.80 Å². The zero-order valence-electron chi connectivity index (χ0n) is 27.7. The van der Waals surface area contributed by atoms with Crippen LogP contribution in [-0.2, 0) is 24.0 Å². The summed E-state index contributed by atoms with van der Waals surface area (Å²) in [5.74, 6) is -3.57. The van der Waals surface area contributed by atoms with Gasteiger partial charge in [-0.2, -0.15) is 0 Å². The Labute approximate surface area is 267 Å². The largest absolute Gasteiger partial charge is 0.481 e. The van der Waals surface area contributed by atoms with Gasteiger partial charge in [0.05, 0.1) is 5.70 Å². The number of allylic oxidation sites excluding steroid dienone is 6. The fourth-order valence-corrected chi connectivity index (χ4v) is 4.70. The number of aliphatic carboxylic acids is 1. The van der Waals surface area contributed by atoms with Gasteiger partial charge >= 0.3 is 5.97 Å². The molecule has 0 spiro atoms. The molecule has 1 heterocycles. The number of hydrogen-bond acceptors (Lipinski definition) is 6. The number of carbonyl (C=O) groups is 5. The summed E-state index contributed by atoms with van der Waals surface area (Å²) in [7, 11) is 0. The summed E-state index contributed by atoms with van der Waals surface area (Å²) >= 11 is 0. The number of amides is 4. The van der Waals surface area contributed by atoms with Crippen molar-refractivity contribution in [1.82, 2.24) is 9.80 Å². The van der Waals surface area contributed by atoms with Crippen LogP contribution in [0.15, 0.2) is 95.3 Å². The maximum absolute atomic E-state index is 14.2. The molecule has 1 aliphatic rings. The van der Waals surface area contributed by atoms with Gasteiger partial charge in [-0.1, -0.05) is 58.7 Å². The summed E-state index contributed by atoms with van der Waals surface area (Å²) in [6, 6.07) is -0.612. The molecule has 45 heavy (non-hydrogen) atoms. The van der Waals surface area contributed by atoms with Crippen molar-refractivity contribution in [3.05, 3.63) is 95.3 Å². The fourth-order valence-electron chi connectivity index (χ4n) is 4.70. The number of imide groups is 2. The van der Waals surface area contributed by atoms with E-state index >= 15 is 0 Å². The molecule has 0 saturated carbocycles. The van der Waals surface area contributed by atoms with E-state index in [1.54, 1.807) is 26.0 Å². The van der Waals surface area contributed by atoms with Gasteiger partial charge in [0, 0.05) is 41.4 Å². The molecule has 0 radical (unpaired) electrons. The number of aliphatic hydroxyl groups excluding tert-OH is 1. The van der Waals surface area contributed by atoms with Crippen LogP contribution in [-0.4, -0.2) is 62.3 Å². The van der Waals surface area contributed by atoms with Gasteiger partial charge in [-0.25, -0.2) is 4.90 Å². The summed E-state index contributed by atoms with van der Waals surface area (Å²) in [6.45, 7) is 23.2. The molecule has 0 bridgehead atoms. The first kappa shape index (κ1) is 38.7. The minimum atomic E-state index is -0.921. The first-order valence-electron chi connectivity index (χ1n) is 15.0. The van der Waals surface area contributed by atoms with E-state index in [9.17, 15) is 29.1 Å². The standard InChI is InChI=1S/C36H48N2O7/c1-11-12-29(16-13-24(6)14-18-32(40)41)37-34(43)25(7)15-17-31(27(9)26(8)28(10)35(37)44)36(45)38(33(42)23(4)5)30(19-20-39)21-22(2)3/h11-13,15-17,22,24,30,39H,1,4,10,14,18-21H2,2-3,5-9H3,(H,40,41)/b16-13-,25-15+,27-26+,29-12+,31-17+. The smallest absolute Gasteiger partial charge is 0.303 e. The van der Waals surface area contributed by atoms with Crippen molar-refractivity contribution in [3.8, 4) is 0 Å². The lowest BCUT2D eigenvalue weighted by atomic mass is 9.92. The average Bonchev–Trinajstić information content (AvgIpc) is 2.96. The van der Waals surface area contributed by atoms with Crippen LogP contribution >= 0.6 is 0 Å². The number of hydrogen-bond donors (Lipinski definition) is 2. The molecule has 0 aromatic carbocycles. The lowest BCUT2D eigenvalue weighted by molar-refractivity contribution is -0.144. The monoisotopic (exact) mass is 620 g/mol. The number of carboxylic acid groups (broad SMARTS) is 1. The molecule has 9 heteroatoms. The third kappa shape index (κ3) is 10.6. The molecule has 0 aromatic heterocycles. The molecule has 9 nitrogen and oxygen atoms in total. The molecule has 0 aromatic rings. The van der Waals surface area contributed by atoms with Gasteiger partial charge in [0.1, 0.15) is 0 Å². The van der Waals surface area contributed by atoms with Crippen LogP contribution in [0.1, 0.15) is 74.1 Å². The predicted molar refractivity (Wildman–Crippen MR) is 176 cm³/mol. The SMILES string of the molecule is C=C/C=C(\C=C/C(C)CCC(=O)O)N1C(=O)C(=C)/C(C)=C(C)/C(C(=O)N(C(=O)C(=C)C)C(CCO)CC(C)C)=C\C=C(/C)C1=O. The minimum absolute atomic E-state index is 0.0312. The molecular weight excluding hydrogens is 572 g/mol. The Balaban J connectivity index is 3.86. The van der Waals surface area contributed by atoms with E-state index in [1.807, 2.05) is 20.8 Å². The zero-order valence-corrected chi connectivity index (χ0v) is 27.7.